The predicted octanol–water partition coefficient (Wildman–Crippen LogP) is 3.47. The molecule has 1 saturated heterocycles. The van der Waals surface area contributed by atoms with Gasteiger partial charge in [-0.3, -0.25) is 0 Å². The first kappa shape index (κ1) is 19.9. The molecule has 0 radical (unpaired) electrons. The SMILES string of the molecule is Cc1cc(C)c(NC(=S)N(CC[NH+]2CCCCC2)Cc2ccco2)c(C)c1. The second-order valence-electron chi connectivity index (χ2n) is 7.77. The molecule has 0 aliphatic carbocycles. The van der Waals surface area contributed by atoms with Crippen molar-refractivity contribution in [3.8, 4) is 0 Å². The molecule has 2 N–H and O–H groups in total. The van der Waals surface area contributed by atoms with Crippen LogP contribution >= 0.6 is 12.2 Å². The van der Waals surface area contributed by atoms with E-state index in [1.807, 2.05) is 12.1 Å². The number of rotatable bonds is 6. The second-order valence-corrected chi connectivity index (χ2v) is 8.15. The molecule has 0 bridgehead atoms. The maximum absolute atomic E-state index is 5.81. The van der Waals surface area contributed by atoms with Gasteiger partial charge in [0, 0.05) is 5.69 Å². The van der Waals surface area contributed by atoms with Gasteiger partial charge in [0.1, 0.15) is 5.76 Å². The van der Waals surface area contributed by atoms with Crippen molar-refractivity contribution in [2.45, 2.75) is 46.6 Å². The Morgan fingerprint density at radius 2 is 1.85 bits per heavy atom. The van der Waals surface area contributed by atoms with Crippen LogP contribution in [-0.2, 0) is 6.54 Å². The Morgan fingerprint density at radius 3 is 2.48 bits per heavy atom. The Bertz CT molecular complexity index is 728. The van der Waals surface area contributed by atoms with Crippen molar-refractivity contribution in [1.82, 2.24) is 4.90 Å². The van der Waals surface area contributed by atoms with E-state index in [9.17, 15) is 0 Å². The van der Waals surface area contributed by atoms with E-state index < -0.39 is 0 Å². The Kier molecular flexibility index (Phi) is 6.91. The number of hydrogen-bond acceptors (Lipinski definition) is 2. The summed E-state index contributed by atoms with van der Waals surface area (Å²) in [6.07, 6.45) is 5.80. The molecule has 2 heterocycles. The molecule has 1 aliphatic heterocycles. The average Bonchev–Trinajstić information content (AvgIpc) is 3.15. The van der Waals surface area contributed by atoms with Crippen LogP contribution in [0.1, 0.15) is 41.7 Å². The molecule has 0 amide bonds. The molecular weight excluding hydrogens is 354 g/mol. The summed E-state index contributed by atoms with van der Waals surface area (Å²) in [5.41, 5.74) is 4.87. The van der Waals surface area contributed by atoms with E-state index in [1.165, 1.54) is 49.0 Å². The molecule has 4 nitrogen and oxygen atoms in total. The van der Waals surface area contributed by atoms with Crippen LogP contribution in [0.4, 0.5) is 5.69 Å². The number of likely N-dealkylation sites (tertiary alicyclic amines) is 1. The highest BCUT2D eigenvalue weighted by Crippen LogP contribution is 2.22. The summed E-state index contributed by atoms with van der Waals surface area (Å²) in [7, 11) is 0. The summed E-state index contributed by atoms with van der Waals surface area (Å²) >= 11 is 5.81. The molecule has 0 saturated carbocycles. The lowest BCUT2D eigenvalue weighted by Gasteiger charge is -2.29. The number of benzene rings is 1. The minimum absolute atomic E-state index is 0.704. The molecule has 1 fully saturated rings. The normalized spacial score (nSPS) is 14.9. The van der Waals surface area contributed by atoms with Crippen molar-refractivity contribution in [3.63, 3.8) is 0 Å². The molecule has 0 atom stereocenters. The third kappa shape index (κ3) is 5.56. The largest absolute Gasteiger partial charge is 0.467 e. The molecule has 0 spiro atoms. The number of quaternary nitrogens is 1. The fraction of sp³-hybridized carbons (Fsp3) is 0.500. The third-order valence-corrected chi connectivity index (χ3v) is 5.78. The van der Waals surface area contributed by atoms with Crippen LogP contribution in [0.2, 0.25) is 0 Å². The fourth-order valence-corrected chi connectivity index (χ4v) is 4.26. The van der Waals surface area contributed by atoms with Crippen molar-refractivity contribution < 1.29 is 9.32 Å². The summed E-state index contributed by atoms with van der Waals surface area (Å²) in [4.78, 5) is 3.94. The molecule has 1 aliphatic rings. The zero-order valence-corrected chi connectivity index (χ0v) is 17.6. The van der Waals surface area contributed by atoms with Crippen molar-refractivity contribution in [3.05, 3.63) is 53.0 Å². The van der Waals surface area contributed by atoms with Crippen LogP contribution in [0.5, 0.6) is 0 Å². The molecule has 146 valence electrons. The van der Waals surface area contributed by atoms with Crippen LogP contribution < -0.4 is 10.2 Å². The van der Waals surface area contributed by atoms with Crippen LogP contribution in [-0.4, -0.2) is 36.2 Å². The third-order valence-electron chi connectivity index (χ3n) is 5.42. The van der Waals surface area contributed by atoms with Crippen molar-refractivity contribution in [2.75, 3.05) is 31.5 Å². The minimum Gasteiger partial charge on any atom is -0.467 e. The number of piperidine rings is 1. The molecule has 0 unspecified atom stereocenters. The van der Waals surface area contributed by atoms with Gasteiger partial charge in [0.2, 0.25) is 0 Å². The van der Waals surface area contributed by atoms with Crippen LogP contribution in [0.25, 0.3) is 0 Å². The van der Waals surface area contributed by atoms with E-state index in [4.69, 9.17) is 16.6 Å². The lowest BCUT2D eigenvalue weighted by atomic mass is 10.1. The Labute approximate surface area is 168 Å². The fourth-order valence-electron chi connectivity index (χ4n) is 4.00. The highest BCUT2D eigenvalue weighted by Gasteiger charge is 2.19. The highest BCUT2D eigenvalue weighted by atomic mass is 32.1. The van der Waals surface area contributed by atoms with Crippen LogP contribution in [0.15, 0.2) is 34.9 Å². The van der Waals surface area contributed by atoms with Gasteiger partial charge in [-0.25, -0.2) is 0 Å². The van der Waals surface area contributed by atoms with Gasteiger partial charge < -0.3 is 19.5 Å². The van der Waals surface area contributed by atoms with Gasteiger partial charge in [0.25, 0.3) is 0 Å². The summed E-state index contributed by atoms with van der Waals surface area (Å²) in [6, 6.07) is 8.36. The lowest BCUT2D eigenvalue weighted by Crippen LogP contribution is -3.13. The first-order chi connectivity index (χ1) is 13.0. The zero-order chi connectivity index (χ0) is 19.2. The molecular formula is C22H32N3OS+. The molecule has 5 heteroatoms. The number of nitrogens with zero attached hydrogens (tertiary/aromatic N) is 1. The number of aryl methyl sites for hydroxylation is 3. The van der Waals surface area contributed by atoms with Crippen LogP contribution in [0.3, 0.4) is 0 Å². The van der Waals surface area contributed by atoms with Crippen molar-refractivity contribution >= 4 is 23.0 Å². The van der Waals surface area contributed by atoms with E-state index in [2.05, 4.69) is 43.1 Å². The average molecular weight is 387 g/mol. The summed E-state index contributed by atoms with van der Waals surface area (Å²) in [5.74, 6) is 0.949. The molecule has 1 aromatic carbocycles. The van der Waals surface area contributed by atoms with E-state index in [0.717, 1.165) is 29.6 Å². The number of furan rings is 1. The topological polar surface area (TPSA) is 32.9 Å². The minimum atomic E-state index is 0.704. The molecule has 3 rings (SSSR count). The van der Waals surface area contributed by atoms with Gasteiger partial charge in [0.05, 0.1) is 39.0 Å². The standard InChI is InChI=1S/C22H31N3OS/c1-17-14-18(2)21(19(3)15-17)23-22(27)25(16-20-8-7-13-26-20)12-11-24-9-5-4-6-10-24/h7-8,13-15H,4-6,9-12,16H2,1-3H3,(H,23,27)/p+1. The maximum atomic E-state index is 5.81. The molecule has 2 aromatic rings. The number of anilines is 1. The number of nitrogens with one attached hydrogen (secondary N) is 2. The summed E-state index contributed by atoms with van der Waals surface area (Å²) in [6.45, 7) is 11.7. The van der Waals surface area contributed by atoms with E-state index in [-0.39, 0.29) is 0 Å². The van der Waals surface area contributed by atoms with Crippen molar-refractivity contribution in [1.29, 1.82) is 0 Å². The highest BCUT2D eigenvalue weighted by molar-refractivity contribution is 7.80. The predicted molar refractivity (Wildman–Crippen MR) is 115 cm³/mol. The smallest absolute Gasteiger partial charge is 0.174 e. The lowest BCUT2D eigenvalue weighted by molar-refractivity contribution is -0.904. The quantitative estimate of drug-likeness (QED) is 0.745. The number of thiocarbonyl (C=S) groups is 1. The van der Waals surface area contributed by atoms with Crippen molar-refractivity contribution in [2.24, 2.45) is 0 Å². The Hall–Kier alpha value is -1.85. The second kappa shape index (κ2) is 9.38. The number of hydrogen-bond donors (Lipinski definition) is 2. The first-order valence-electron chi connectivity index (χ1n) is 10.0. The van der Waals surface area contributed by atoms with Gasteiger partial charge in [0.15, 0.2) is 5.11 Å². The van der Waals surface area contributed by atoms with E-state index >= 15 is 0 Å². The van der Waals surface area contributed by atoms with Gasteiger partial charge in [-0.05, 0) is 75.5 Å². The Balaban J connectivity index is 1.69. The summed E-state index contributed by atoms with van der Waals surface area (Å²) in [5, 5.41) is 4.29. The van der Waals surface area contributed by atoms with Gasteiger partial charge in [-0.15, -0.1) is 0 Å². The first-order valence-corrected chi connectivity index (χ1v) is 10.4. The van der Waals surface area contributed by atoms with Gasteiger partial charge in [-0.2, -0.15) is 0 Å². The zero-order valence-electron chi connectivity index (χ0n) is 16.8. The van der Waals surface area contributed by atoms with Gasteiger partial charge >= 0.3 is 0 Å². The monoisotopic (exact) mass is 386 g/mol. The van der Waals surface area contributed by atoms with E-state index in [0.29, 0.717) is 6.54 Å². The molecule has 1 aromatic heterocycles. The molecule has 27 heavy (non-hydrogen) atoms. The Morgan fingerprint density at radius 1 is 1.15 bits per heavy atom. The summed E-state index contributed by atoms with van der Waals surface area (Å²) < 4.78 is 5.58. The maximum Gasteiger partial charge on any atom is 0.174 e. The van der Waals surface area contributed by atoms with E-state index in [1.54, 1.807) is 11.2 Å². The van der Waals surface area contributed by atoms with Crippen LogP contribution in [0, 0.1) is 20.8 Å². The van der Waals surface area contributed by atoms with Gasteiger partial charge in [-0.1, -0.05) is 17.7 Å².